The Hall–Kier alpha value is -1.73. The molecule has 0 bridgehead atoms. The van der Waals surface area contributed by atoms with Gasteiger partial charge in [0.15, 0.2) is 11.6 Å². The second-order valence-corrected chi connectivity index (χ2v) is 8.05. The molecular formula is C19H15F3O2S2. The molecule has 0 radical (unpaired) electrons. The summed E-state index contributed by atoms with van der Waals surface area (Å²) >= 11 is 3.47. The summed E-state index contributed by atoms with van der Waals surface area (Å²) in [5, 5.41) is 0. The number of alkyl halides is 3. The molecule has 0 spiro atoms. The minimum atomic E-state index is -4.43. The van der Waals surface area contributed by atoms with E-state index in [2.05, 4.69) is 0 Å². The number of rotatable bonds is 5. The third-order valence-corrected chi connectivity index (χ3v) is 6.50. The smallest absolute Gasteiger partial charge is 0.294 e. The van der Waals surface area contributed by atoms with Crippen molar-refractivity contribution in [1.29, 1.82) is 0 Å². The van der Waals surface area contributed by atoms with Crippen molar-refractivity contribution in [2.75, 3.05) is 11.5 Å². The maximum absolute atomic E-state index is 12.5. The van der Waals surface area contributed by atoms with Crippen LogP contribution < -0.4 is 0 Å². The minimum absolute atomic E-state index is 0.0246. The van der Waals surface area contributed by atoms with Crippen molar-refractivity contribution in [3.63, 3.8) is 0 Å². The monoisotopic (exact) mass is 396 g/mol. The van der Waals surface area contributed by atoms with Crippen molar-refractivity contribution >= 4 is 35.1 Å². The van der Waals surface area contributed by atoms with Crippen LogP contribution in [-0.4, -0.2) is 23.1 Å². The number of Topliss-reactive ketones (excluding diaryl/α,β-unsaturated/α-hetero) is 2. The van der Waals surface area contributed by atoms with Crippen molar-refractivity contribution < 1.29 is 22.8 Å². The first-order valence-electron chi connectivity index (χ1n) is 7.98. The average Bonchev–Trinajstić information content (AvgIpc) is 2.64. The van der Waals surface area contributed by atoms with E-state index in [0.29, 0.717) is 5.56 Å². The predicted octanol–water partition coefficient (Wildman–Crippen LogP) is 5.75. The minimum Gasteiger partial charge on any atom is -0.294 e. The van der Waals surface area contributed by atoms with E-state index in [-0.39, 0.29) is 30.0 Å². The summed E-state index contributed by atoms with van der Waals surface area (Å²) in [6.07, 6.45) is -4.42. The fourth-order valence-electron chi connectivity index (χ4n) is 2.58. The van der Waals surface area contributed by atoms with Gasteiger partial charge in [-0.2, -0.15) is 13.2 Å². The van der Waals surface area contributed by atoms with E-state index in [1.165, 1.54) is 4.90 Å². The Morgan fingerprint density at radius 2 is 1.35 bits per heavy atom. The second-order valence-electron chi connectivity index (χ2n) is 5.78. The molecule has 1 aliphatic rings. The molecule has 2 nitrogen and oxygen atoms in total. The van der Waals surface area contributed by atoms with Gasteiger partial charge in [-0.1, -0.05) is 18.2 Å². The van der Waals surface area contributed by atoms with Crippen molar-refractivity contribution in [1.82, 2.24) is 0 Å². The molecule has 0 fully saturated rings. The van der Waals surface area contributed by atoms with Crippen LogP contribution in [0.4, 0.5) is 13.2 Å². The molecule has 0 atom stereocenters. The molecule has 1 heterocycles. The van der Waals surface area contributed by atoms with Gasteiger partial charge in [0.1, 0.15) is 0 Å². The fraction of sp³-hybridized carbons (Fsp3) is 0.263. The highest BCUT2D eigenvalue weighted by Crippen LogP contribution is 2.37. The lowest BCUT2D eigenvalue weighted by molar-refractivity contribution is -0.137. The lowest BCUT2D eigenvalue weighted by atomic mass is 10.0. The van der Waals surface area contributed by atoms with Gasteiger partial charge in [0.25, 0.3) is 0 Å². The van der Waals surface area contributed by atoms with E-state index in [4.69, 9.17) is 0 Å². The van der Waals surface area contributed by atoms with Gasteiger partial charge in [0.05, 0.1) is 5.56 Å². The molecular weight excluding hydrogens is 381 g/mol. The number of hydrogen-bond donors (Lipinski definition) is 0. The van der Waals surface area contributed by atoms with Crippen molar-refractivity contribution in [2.24, 2.45) is 0 Å². The third-order valence-electron chi connectivity index (χ3n) is 3.98. The normalized spacial score (nSPS) is 14.0. The van der Waals surface area contributed by atoms with Crippen molar-refractivity contribution in [3.05, 3.63) is 59.2 Å². The lowest BCUT2D eigenvalue weighted by Gasteiger charge is -2.15. The van der Waals surface area contributed by atoms with E-state index < -0.39 is 11.7 Å². The van der Waals surface area contributed by atoms with Crippen LogP contribution in [0, 0.1) is 0 Å². The Morgan fingerprint density at radius 1 is 0.808 bits per heavy atom. The van der Waals surface area contributed by atoms with Crippen LogP contribution in [0.3, 0.4) is 0 Å². The summed E-state index contributed by atoms with van der Waals surface area (Å²) in [7, 11) is 0. The molecule has 2 aromatic carbocycles. The zero-order chi connectivity index (χ0) is 18.7. The fourth-order valence-corrected chi connectivity index (χ4v) is 4.82. The van der Waals surface area contributed by atoms with E-state index in [1.54, 1.807) is 29.6 Å². The maximum atomic E-state index is 12.5. The number of fused-ring (bicyclic) bond motifs is 1. The van der Waals surface area contributed by atoms with E-state index in [1.807, 2.05) is 12.1 Å². The standard InChI is InChI=1S/C19H15F3O2S2/c20-19(21,22)14-4-1-12(2-5-14)15(23)6-7-16(24)13-3-8-17-18(11-13)26-10-9-25-17/h1-5,8,11H,6-7,9-10H2. The Balaban J connectivity index is 1.61. The highest BCUT2D eigenvalue weighted by Gasteiger charge is 2.30. The van der Waals surface area contributed by atoms with Gasteiger partial charge in [0, 0.05) is 45.3 Å². The number of carbonyl (C=O) groups is 2. The van der Waals surface area contributed by atoms with Crippen LogP contribution in [0.15, 0.2) is 52.3 Å². The molecule has 0 aromatic heterocycles. The van der Waals surface area contributed by atoms with Gasteiger partial charge in [0.2, 0.25) is 0 Å². The molecule has 3 rings (SSSR count). The van der Waals surface area contributed by atoms with Crippen LogP contribution in [0.25, 0.3) is 0 Å². The summed E-state index contributed by atoms with van der Waals surface area (Å²) in [5.74, 6) is 1.58. The Labute approximate surface area is 157 Å². The number of halogens is 3. The predicted molar refractivity (Wildman–Crippen MR) is 97.2 cm³/mol. The molecule has 1 aliphatic heterocycles. The highest BCUT2D eigenvalue weighted by molar-refractivity contribution is 8.05. The summed E-state index contributed by atoms with van der Waals surface area (Å²) in [6, 6.07) is 9.63. The van der Waals surface area contributed by atoms with Gasteiger partial charge in [-0.15, -0.1) is 23.5 Å². The molecule has 0 saturated carbocycles. The largest absolute Gasteiger partial charge is 0.416 e. The van der Waals surface area contributed by atoms with Gasteiger partial charge < -0.3 is 0 Å². The highest BCUT2D eigenvalue weighted by atomic mass is 32.2. The molecule has 26 heavy (non-hydrogen) atoms. The zero-order valence-electron chi connectivity index (χ0n) is 13.6. The van der Waals surface area contributed by atoms with Gasteiger partial charge >= 0.3 is 6.18 Å². The maximum Gasteiger partial charge on any atom is 0.416 e. The van der Waals surface area contributed by atoms with Crippen molar-refractivity contribution in [2.45, 2.75) is 28.8 Å². The summed E-state index contributed by atoms with van der Waals surface area (Å²) in [5.41, 5.74) is -0.0447. The van der Waals surface area contributed by atoms with E-state index in [0.717, 1.165) is 40.7 Å². The summed E-state index contributed by atoms with van der Waals surface area (Å²) in [4.78, 5) is 26.7. The van der Waals surface area contributed by atoms with Gasteiger partial charge in [-0.05, 0) is 24.3 Å². The quantitative estimate of drug-likeness (QED) is 0.603. The molecule has 136 valence electrons. The SMILES string of the molecule is O=C(CCC(=O)c1ccc2c(c1)SCCS2)c1ccc(C(F)(F)F)cc1. The van der Waals surface area contributed by atoms with Crippen molar-refractivity contribution in [3.8, 4) is 0 Å². The van der Waals surface area contributed by atoms with Crippen LogP contribution >= 0.6 is 23.5 Å². The summed E-state index contributed by atoms with van der Waals surface area (Å²) in [6.45, 7) is 0. The molecule has 0 amide bonds. The molecule has 7 heteroatoms. The first-order valence-corrected chi connectivity index (χ1v) is 9.95. The zero-order valence-corrected chi connectivity index (χ0v) is 15.3. The number of hydrogen-bond acceptors (Lipinski definition) is 4. The van der Waals surface area contributed by atoms with Crippen LogP contribution in [-0.2, 0) is 6.18 Å². The topological polar surface area (TPSA) is 34.1 Å². The molecule has 0 saturated heterocycles. The van der Waals surface area contributed by atoms with E-state index >= 15 is 0 Å². The Kier molecular flexibility index (Phi) is 5.77. The number of ketones is 2. The third kappa shape index (κ3) is 4.51. The Bertz CT molecular complexity index is 830. The first-order chi connectivity index (χ1) is 12.3. The molecule has 0 aliphatic carbocycles. The number of thioether (sulfide) groups is 2. The molecule has 0 N–H and O–H groups in total. The van der Waals surface area contributed by atoms with Crippen LogP contribution in [0.1, 0.15) is 39.1 Å². The average molecular weight is 396 g/mol. The number of benzene rings is 2. The van der Waals surface area contributed by atoms with Crippen LogP contribution in [0.5, 0.6) is 0 Å². The summed E-state index contributed by atoms with van der Waals surface area (Å²) < 4.78 is 37.6. The van der Waals surface area contributed by atoms with E-state index in [9.17, 15) is 22.8 Å². The second kappa shape index (κ2) is 7.88. The first kappa shape index (κ1) is 19.0. The Morgan fingerprint density at radius 3 is 1.96 bits per heavy atom. The molecule has 2 aromatic rings. The van der Waals surface area contributed by atoms with Crippen LogP contribution in [0.2, 0.25) is 0 Å². The molecule has 0 unspecified atom stereocenters. The number of carbonyl (C=O) groups excluding carboxylic acids is 2. The van der Waals surface area contributed by atoms with Gasteiger partial charge in [-0.3, -0.25) is 9.59 Å². The lowest BCUT2D eigenvalue weighted by Crippen LogP contribution is -2.08. The van der Waals surface area contributed by atoms with Gasteiger partial charge in [-0.25, -0.2) is 0 Å².